The summed E-state index contributed by atoms with van der Waals surface area (Å²) in [5, 5.41) is 6.49. The molecule has 2 aromatic heterocycles. The van der Waals surface area contributed by atoms with E-state index in [1.807, 2.05) is 0 Å². The second kappa shape index (κ2) is 8.80. The van der Waals surface area contributed by atoms with Crippen LogP contribution in [0.1, 0.15) is 34.7 Å². The van der Waals surface area contributed by atoms with Gasteiger partial charge in [0.1, 0.15) is 12.1 Å². The summed E-state index contributed by atoms with van der Waals surface area (Å²) in [7, 11) is 0. The van der Waals surface area contributed by atoms with Crippen LogP contribution in [0.3, 0.4) is 0 Å². The summed E-state index contributed by atoms with van der Waals surface area (Å²) in [5.41, 5.74) is -1.88. The van der Waals surface area contributed by atoms with Crippen molar-refractivity contribution < 1.29 is 35.9 Å². The highest BCUT2D eigenvalue weighted by molar-refractivity contribution is 5.95. The molecule has 3 rings (SSSR count). The maximum atomic E-state index is 13.1. The van der Waals surface area contributed by atoms with Gasteiger partial charge in [0.25, 0.3) is 11.9 Å². The van der Waals surface area contributed by atoms with Crippen LogP contribution in [0.25, 0.3) is 5.95 Å². The first kappa shape index (κ1) is 23.0. The molecule has 1 aromatic carbocycles. The number of nitrogens with zero attached hydrogens (tertiary/aromatic N) is 5. The smallest absolute Gasteiger partial charge is 0.422 e. The van der Waals surface area contributed by atoms with Crippen LogP contribution in [0.15, 0.2) is 43.0 Å². The van der Waals surface area contributed by atoms with Crippen LogP contribution in [0.5, 0.6) is 5.75 Å². The highest BCUT2D eigenvalue weighted by Crippen LogP contribution is 2.33. The monoisotopic (exact) mass is 460 g/mol. The number of rotatable bonds is 6. The average Bonchev–Trinajstić information content (AvgIpc) is 3.22. The Morgan fingerprint density at radius 3 is 2.41 bits per heavy atom. The van der Waals surface area contributed by atoms with Crippen LogP contribution in [0, 0.1) is 0 Å². The van der Waals surface area contributed by atoms with E-state index >= 15 is 0 Å². The Kier molecular flexibility index (Phi) is 6.32. The Bertz CT molecular complexity index is 1080. The fourth-order valence-corrected chi connectivity index (χ4v) is 2.47. The van der Waals surface area contributed by atoms with Crippen LogP contribution in [0.4, 0.5) is 26.3 Å². The average molecular weight is 460 g/mol. The Balaban J connectivity index is 1.79. The van der Waals surface area contributed by atoms with Crippen LogP contribution < -0.4 is 10.1 Å². The molecule has 14 heteroatoms. The van der Waals surface area contributed by atoms with Crippen LogP contribution in [0.2, 0.25) is 0 Å². The Labute approximate surface area is 176 Å². The molecule has 0 aliphatic heterocycles. The van der Waals surface area contributed by atoms with Crippen molar-refractivity contribution in [3.63, 3.8) is 0 Å². The molecule has 0 spiro atoms. The van der Waals surface area contributed by atoms with Crippen molar-refractivity contribution in [2.24, 2.45) is 0 Å². The first-order valence-electron chi connectivity index (χ1n) is 8.84. The molecular formula is C18H14F6N6O2. The second-order valence-electron chi connectivity index (χ2n) is 6.44. The molecule has 0 bridgehead atoms. The third-order valence-corrected chi connectivity index (χ3v) is 3.90. The molecule has 0 aliphatic carbocycles. The fraction of sp³-hybridized carbons (Fsp3) is 0.278. The van der Waals surface area contributed by atoms with Gasteiger partial charge in [-0.05, 0) is 31.2 Å². The predicted octanol–water partition coefficient (Wildman–Crippen LogP) is 3.51. The minimum atomic E-state index is -4.91. The van der Waals surface area contributed by atoms with Crippen molar-refractivity contribution in [3.8, 4) is 11.7 Å². The Morgan fingerprint density at radius 2 is 1.78 bits per heavy atom. The van der Waals surface area contributed by atoms with Crippen LogP contribution in [-0.4, -0.2) is 43.4 Å². The van der Waals surface area contributed by atoms with Gasteiger partial charge in [-0.25, -0.2) is 15.0 Å². The summed E-state index contributed by atoms with van der Waals surface area (Å²) in [6, 6.07) is 2.40. The van der Waals surface area contributed by atoms with E-state index in [9.17, 15) is 31.1 Å². The number of halogens is 6. The van der Waals surface area contributed by atoms with Crippen molar-refractivity contribution in [2.75, 3.05) is 6.61 Å². The maximum Gasteiger partial charge on any atom is 0.422 e. The van der Waals surface area contributed by atoms with E-state index in [1.54, 1.807) is 6.07 Å². The molecule has 0 saturated heterocycles. The molecule has 1 N–H and O–H groups in total. The summed E-state index contributed by atoms with van der Waals surface area (Å²) in [6.07, 6.45) is -5.45. The third kappa shape index (κ3) is 5.92. The lowest BCUT2D eigenvalue weighted by Gasteiger charge is -2.15. The van der Waals surface area contributed by atoms with E-state index in [0.717, 1.165) is 6.07 Å². The Morgan fingerprint density at radius 1 is 1.09 bits per heavy atom. The summed E-state index contributed by atoms with van der Waals surface area (Å²) in [5.74, 6) is -1.44. The van der Waals surface area contributed by atoms with Gasteiger partial charge in [0.2, 0.25) is 0 Å². The first-order chi connectivity index (χ1) is 14.9. The van der Waals surface area contributed by atoms with Gasteiger partial charge in [-0.3, -0.25) is 4.79 Å². The summed E-state index contributed by atoms with van der Waals surface area (Å²) in [6.45, 7) is -0.340. The minimum absolute atomic E-state index is 0.103. The van der Waals surface area contributed by atoms with Crippen molar-refractivity contribution in [1.82, 2.24) is 30.0 Å². The minimum Gasteiger partial charge on any atom is -0.484 e. The quantitative estimate of drug-likeness (QED) is 0.566. The molecule has 0 aliphatic rings. The predicted molar refractivity (Wildman–Crippen MR) is 95.8 cm³/mol. The first-order valence-corrected chi connectivity index (χ1v) is 8.84. The van der Waals surface area contributed by atoms with Gasteiger partial charge in [0.05, 0.1) is 11.6 Å². The van der Waals surface area contributed by atoms with Gasteiger partial charge >= 0.3 is 12.4 Å². The van der Waals surface area contributed by atoms with Gasteiger partial charge in [-0.15, -0.1) is 5.10 Å². The second-order valence-corrected chi connectivity index (χ2v) is 6.44. The molecule has 170 valence electrons. The summed E-state index contributed by atoms with van der Waals surface area (Å²) < 4.78 is 82.1. The molecule has 3 aromatic rings. The molecule has 1 atom stereocenters. The zero-order chi connectivity index (χ0) is 23.5. The molecular weight excluding hydrogens is 446 g/mol. The number of carbonyl (C=O) groups excluding carboxylic acids is 1. The number of hydrogen-bond acceptors (Lipinski definition) is 6. The van der Waals surface area contributed by atoms with Crippen molar-refractivity contribution in [1.29, 1.82) is 0 Å². The lowest BCUT2D eigenvalue weighted by Crippen LogP contribution is -2.28. The molecule has 8 nitrogen and oxygen atoms in total. The number of nitrogens with one attached hydrogen (secondary N) is 1. The number of alkyl halides is 6. The van der Waals surface area contributed by atoms with Gasteiger partial charge in [0, 0.05) is 18.0 Å². The molecule has 0 fully saturated rings. The van der Waals surface area contributed by atoms with Gasteiger partial charge in [0.15, 0.2) is 12.4 Å². The van der Waals surface area contributed by atoms with Gasteiger partial charge in [-0.1, -0.05) is 0 Å². The summed E-state index contributed by atoms with van der Waals surface area (Å²) in [4.78, 5) is 24.4. The highest BCUT2D eigenvalue weighted by Gasteiger charge is 2.33. The molecule has 0 radical (unpaired) electrons. The van der Waals surface area contributed by atoms with Crippen LogP contribution >= 0.6 is 0 Å². The molecule has 1 unspecified atom stereocenters. The number of ether oxygens (including phenoxy) is 1. The van der Waals surface area contributed by atoms with E-state index in [0.29, 0.717) is 12.1 Å². The molecule has 0 saturated carbocycles. The zero-order valence-corrected chi connectivity index (χ0v) is 16.1. The van der Waals surface area contributed by atoms with Crippen molar-refractivity contribution in [2.45, 2.75) is 25.3 Å². The number of amides is 1. The maximum absolute atomic E-state index is 13.1. The lowest BCUT2D eigenvalue weighted by molar-refractivity contribution is -0.153. The van der Waals surface area contributed by atoms with E-state index in [-0.39, 0.29) is 11.8 Å². The number of hydrogen-bond donors (Lipinski definition) is 1. The van der Waals surface area contributed by atoms with E-state index in [2.05, 4.69) is 30.1 Å². The number of aromatic nitrogens is 5. The largest absolute Gasteiger partial charge is 0.484 e. The SMILES string of the molecule is CC(NC(=O)c1cc(OCC(F)(F)F)cc(C(F)(F)F)c1)c1ncn(-c2ncccn2)n1. The Hall–Kier alpha value is -3.71. The summed E-state index contributed by atoms with van der Waals surface area (Å²) >= 11 is 0. The van der Waals surface area contributed by atoms with Crippen molar-refractivity contribution in [3.05, 3.63) is 59.9 Å². The number of carbonyl (C=O) groups is 1. The highest BCUT2D eigenvalue weighted by atomic mass is 19.4. The zero-order valence-electron chi connectivity index (χ0n) is 16.1. The molecule has 32 heavy (non-hydrogen) atoms. The van der Waals surface area contributed by atoms with Gasteiger partial charge < -0.3 is 10.1 Å². The number of benzene rings is 1. The van der Waals surface area contributed by atoms with E-state index < -0.39 is 47.8 Å². The standard InChI is InChI=1S/C18H14F6N6O2/c1-10(14-27-9-30(29-14)16-25-3-2-4-26-16)28-15(31)11-5-12(18(22,23)24)7-13(6-11)32-8-17(19,20)21/h2-7,9-10H,8H2,1H3,(H,28,31). The van der Waals surface area contributed by atoms with E-state index in [1.165, 1.54) is 30.3 Å². The fourth-order valence-electron chi connectivity index (χ4n) is 2.47. The van der Waals surface area contributed by atoms with Crippen LogP contribution in [-0.2, 0) is 6.18 Å². The van der Waals surface area contributed by atoms with E-state index in [4.69, 9.17) is 0 Å². The normalized spacial score (nSPS) is 13.0. The third-order valence-electron chi connectivity index (χ3n) is 3.90. The molecule has 1 amide bonds. The van der Waals surface area contributed by atoms with Gasteiger partial charge in [-0.2, -0.15) is 31.0 Å². The molecule has 2 heterocycles. The lowest BCUT2D eigenvalue weighted by atomic mass is 10.1. The van der Waals surface area contributed by atoms with Crippen molar-refractivity contribution >= 4 is 5.91 Å². The topological polar surface area (TPSA) is 94.8 Å².